The highest BCUT2D eigenvalue weighted by atomic mass is 19.1. The van der Waals surface area contributed by atoms with Gasteiger partial charge in [-0.3, -0.25) is 0 Å². The van der Waals surface area contributed by atoms with Crippen molar-refractivity contribution >= 4 is 18.3 Å². The monoisotopic (exact) mass is 262 g/mol. The van der Waals surface area contributed by atoms with E-state index in [4.69, 9.17) is 20.3 Å². The van der Waals surface area contributed by atoms with Crippen LogP contribution in [0.4, 0.5) is 10.1 Å². The Morgan fingerprint density at radius 1 is 1.21 bits per heavy atom. The van der Waals surface area contributed by atoms with E-state index >= 15 is 0 Å². The summed E-state index contributed by atoms with van der Waals surface area (Å²) in [6.45, 7) is 7.52. The van der Waals surface area contributed by atoms with Crippen LogP contribution >= 0.6 is 0 Å². The zero-order chi connectivity index (χ0) is 14.4. The van der Waals surface area contributed by atoms with Crippen molar-refractivity contribution in [2.24, 2.45) is 0 Å². The van der Waals surface area contributed by atoms with Crippen LogP contribution in [0, 0.1) is 17.1 Å². The molecule has 1 aliphatic rings. The van der Waals surface area contributed by atoms with Crippen molar-refractivity contribution in [3.8, 4) is 6.07 Å². The summed E-state index contributed by atoms with van der Waals surface area (Å²) < 4.78 is 25.6. The Hall–Kier alpha value is -1.58. The zero-order valence-electron chi connectivity index (χ0n) is 11.5. The van der Waals surface area contributed by atoms with Gasteiger partial charge in [-0.25, -0.2) is 4.39 Å². The molecule has 100 valence electrons. The number of anilines is 1. The molecule has 2 rings (SSSR count). The van der Waals surface area contributed by atoms with Crippen molar-refractivity contribution in [1.82, 2.24) is 0 Å². The number of halogens is 1. The SMILES string of the molecule is CC1(C)OB(c2c(N)cc(C#N)cc2F)OC1(C)C. The molecule has 1 aliphatic heterocycles. The van der Waals surface area contributed by atoms with Gasteiger partial charge in [0, 0.05) is 11.2 Å². The minimum Gasteiger partial charge on any atom is -0.399 e. The average molecular weight is 262 g/mol. The number of benzene rings is 1. The van der Waals surface area contributed by atoms with Crippen LogP contribution in [-0.2, 0) is 9.31 Å². The van der Waals surface area contributed by atoms with E-state index in [0.717, 1.165) is 6.07 Å². The first-order valence-electron chi connectivity index (χ1n) is 6.02. The number of rotatable bonds is 1. The number of hydrogen-bond acceptors (Lipinski definition) is 4. The molecule has 0 amide bonds. The van der Waals surface area contributed by atoms with Crippen LogP contribution in [0.15, 0.2) is 12.1 Å². The lowest BCUT2D eigenvalue weighted by molar-refractivity contribution is 0.00578. The molecule has 0 saturated carbocycles. The highest BCUT2D eigenvalue weighted by Crippen LogP contribution is 2.37. The highest BCUT2D eigenvalue weighted by molar-refractivity contribution is 6.64. The van der Waals surface area contributed by atoms with E-state index in [2.05, 4.69) is 0 Å². The third-order valence-corrected chi connectivity index (χ3v) is 3.78. The fourth-order valence-electron chi connectivity index (χ4n) is 1.91. The fourth-order valence-corrected chi connectivity index (χ4v) is 1.91. The highest BCUT2D eigenvalue weighted by Gasteiger charge is 2.53. The Bertz CT molecular complexity index is 527. The van der Waals surface area contributed by atoms with E-state index < -0.39 is 24.1 Å². The van der Waals surface area contributed by atoms with E-state index in [-0.39, 0.29) is 16.7 Å². The summed E-state index contributed by atoms with van der Waals surface area (Å²) in [6, 6.07) is 4.41. The van der Waals surface area contributed by atoms with Crippen LogP contribution in [0.25, 0.3) is 0 Å². The lowest BCUT2D eigenvalue weighted by Crippen LogP contribution is -2.41. The van der Waals surface area contributed by atoms with Gasteiger partial charge >= 0.3 is 7.12 Å². The maximum atomic E-state index is 14.1. The van der Waals surface area contributed by atoms with Gasteiger partial charge in [-0.05, 0) is 39.8 Å². The van der Waals surface area contributed by atoms with Crippen LogP contribution in [-0.4, -0.2) is 18.3 Å². The first-order chi connectivity index (χ1) is 8.68. The second kappa shape index (κ2) is 4.22. The molecule has 0 atom stereocenters. The Labute approximate surface area is 112 Å². The van der Waals surface area contributed by atoms with Gasteiger partial charge < -0.3 is 15.0 Å². The summed E-state index contributed by atoms with van der Waals surface area (Å²) in [5.41, 5.74) is 5.16. The lowest BCUT2D eigenvalue weighted by atomic mass is 9.77. The van der Waals surface area contributed by atoms with Crippen molar-refractivity contribution in [3.05, 3.63) is 23.5 Å². The van der Waals surface area contributed by atoms with Gasteiger partial charge in [-0.2, -0.15) is 5.26 Å². The quantitative estimate of drug-likeness (QED) is 0.616. The van der Waals surface area contributed by atoms with Crippen LogP contribution in [0.2, 0.25) is 0 Å². The maximum Gasteiger partial charge on any atom is 0.499 e. The Morgan fingerprint density at radius 3 is 2.16 bits per heavy atom. The van der Waals surface area contributed by atoms with Crippen molar-refractivity contribution in [3.63, 3.8) is 0 Å². The Morgan fingerprint density at radius 2 is 1.74 bits per heavy atom. The van der Waals surface area contributed by atoms with Gasteiger partial charge in [0.05, 0.1) is 22.8 Å². The fraction of sp³-hybridized carbons (Fsp3) is 0.462. The summed E-state index contributed by atoms with van der Waals surface area (Å²) in [7, 11) is -0.863. The number of hydrogen-bond donors (Lipinski definition) is 1. The van der Waals surface area contributed by atoms with E-state index in [1.165, 1.54) is 6.07 Å². The number of nitrogens with zero attached hydrogens (tertiary/aromatic N) is 1. The minimum absolute atomic E-state index is 0.151. The van der Waals surface area contributed by atoms with Gasteiger partial charge in [0.15, 0.2) is 0 Å². The maximum absolute atomic E-state index is 14.1. The molecule has 1 fully saturated rings. The molecule has 0 spiro atoms. The molecule has 0 bridgehead atoms. The zero-order valence-corrected chi connectivity index (χ0v) is 11.5. The van der Waals surface area contributed by atoms with Crippen LogP contribution < -0.4 is 11.2 Å². The molecule has 1 saturated heterocycles. The van der Waals surface area contributed by atoms with Crippen molar-refractivity contribution in [2.45, 2.75) is 38.9 Å². The standard InChI is InChI=1S/C13H16BFN2O2/c1-12(2)13(3,4)19-14(18-12)11-9(15)5-8(7-16)6-10(11)17/h5-6H,17H2,1-4H3. The third kappa shape index (κ3) is 2.20. The van der Waals surface area contributed by atoms with E-state index in [9.17, 15) is 4.39 Å². The van der Waals surface area contributed by atoms with Crippen molar-refractivity contribution in [1.29, 1.82) is 5.26 Å². The molecule has 4 nitrogen and oxygen atoms in total. The summed E-state index contributed by atoms with van der Waals surface area (Å²) >= 11 is 0. The van der Waals surface area contributed by atoms with Crippen LogP contribution in [0.1, 0.15) is 33.3 Å². The molecule has 1 aromatic rings. The lowest BCUT2D eigenvalue weighted by Gasteiger charge is -2.32. The second-order valence-corrected chi connectivity index (χ2v) is 5.66. The molecule has 1 heterocycles. The topological polar surface area (TPSA) is 68.3 Å². The molecular formula is C13H16BFN2O2. The van der Waals surface area contributed by atoms with Gasteiger partial charge in [-0.1, -0.05) is 0 Å². The van der Waals surface area contributed by atoms with E-state index in [1.54, 1.807) is 0 Å². The van der Waals surface area contributed by atoms with Gasteiger partial charge in [-0.15, -0.1) is 0 Å². The van der Waals surface area contributed by atoms with Gasteiger partial charge in [0.2, 0.25) is 0 Å². The molecular weight excluding hydrogens is 246 g/mol. The van der Waals surface area contributed by atoms with E-state index in [1.807, 2.05) is 33.8 Å². The minimum atomic E-state index is -0.863. The van der Waals surface area contributed by atoms with Crippen molar-refractivity contribution < 1.29 is 13.7 Å². The molecule has 0 radical (unpaired) electrons. The number of nitrogen functional groups attached to an aromatic ring is 1. The molecule has 0 aromatic heterocycles. The smallest absolute Gasteiger partial charge is 0.399 e. The second-order valence-electron chi connectivity index (χ2n) is 5.66. The van der Waals surface area contributed by atoms with Gasteiger partial charge in [0.25, 0.3) is 0 Å². The Balaban J connectivity index is 2.44. The summed E-state index contributed by atoms with van der Waals surface area (Å²) in [4.78, 5) is 0. The summed E-state index contributed by atoms with van der Waals surface area (Å²) in [6.07, 6.45) is 0. The number of nitriles is 1. The van der Waals surface area contributed by atoms with Crippen LogP contribution in [0.5, 0.6) is 0 Å². The van der Waals surface area contributed by atoms with Gasteiger partial charge in [0.1, 0.15) is 5.82 Å². The first kappa shape index (κ1) is 13.8. The molecule has 2 N–H and O–H groups in total. The summed E-state index contributed by atoms with van der Waals surface area (Å²) in [5.74, 6) is -0.588. The molecule has 0 unspecified atom stereocenters. The Kier molecular flexibility index (Phi) is 3.08. The van der Waals surface area contributed by atoms with E-state index in [0.29, 0.717) is 0 Å². The molecule has 6 heteroatoms. The molecule has 1 aromatic carbocycles. The van der Waals surface area contributed by atoms with Crippen LogP contribution in [0.3, 0.4) is 0 Å². The normalized spacial score (nSPS) is 20.3. The van der Waals surface area contributed by atoms with Crippen molar-refractivity contribution in [2.75, 3.05) is 5.73 Å². The summed E-state index contributed by atoms with van der Waals surface area (Å²) in [5, 5.41) is 8.77. The third-order valence-electron chi connectivity index (χ3n) is 3.78. The molecule has 19 heavy (non-hydrogen) atoms. The first-order valence-corrected chi connectivity index (χ1v) is 6.02. The largest absolute Gasteiger partial charge is 0.499 e. The predicted octanol–water partition coefficient (Wildman–Crippen LogP) is 1.58. The molecule has 0 aliphatic carbocycles. The average Bonchev–Trinajstić information content (AvgIpc) is 2.46. The number of nitrogens with two attached hydrogens (primary N) is 1. The predicted molar refractivity (Wildman–Crippen MR) is 71.2 cm³/mol.